The maximum Gasteiger partial charge on any atom is 0.173 e. The molecule has 0 saturated heterocycles. The zero-order valence-corrected chi connectivity index (χ0v) is 6.83. The fraction of sp³-hybridized carbons (Fsp3) is 0.143. The summed E-state index contributed by atoms with van der Waals surface area (Å²) in [7, 11) is 0. The fourth-order valence-corrected chi connectivity index (χ4v) is 0.898. The molecule has 0 saturated carbocycles. The van der Waals surface area contributed by atoms with Crippen LogP contribution in [0.15, 0.2) is 25.0 Å². The maximum absolute atomic E-state index is 5.38. The maximum atomic E-state index is 5.38. The third kappa shape index (κ3) is 1.52. The first-order valence-corrected chi connectivity index (χ1v) is 3.76. The Bertz CT molecular complexity index is 364. The third-order valence-corrected chi connectivity index (χ3v) is 1.55. The minimum Gasteiger partial charge on any atom is -0.325 e. The first kappa shape index (κ1) is 7.81. The van der Waals surface area contributed by atoms with Gasteiger partial charge in [0.15, 0.2) is 5.82 Å². The van der Waals surface area contributed by atoms with Crippen LogP contribution in [0.2, 0.25) is 0 Å². The summed E-state index contributed by atoms with van der Waals surface area (Å²) in [6, 6.07) is 0. The van der Waals surface area contributed by atoms with E-state index >= 15 is 0 Å². The van der Waals surface area contributed by atoms with Gasteiger partial charge in [0.05, 0.1) is 18.1 Å². The molecule has 2 aromatic rings. The quantitative estimate of drug-likeness (QED) is 0.668. The Balaban J connectivity index is 2.33. The fourth-order valence-electron chi connectivity index (χ4n) is 0.898. The van der Waals surface area contributed by atoms with E-state index in [1.54, 1.807) is 18.7 Å². The third-order valence-electron chi connectivity index (χ3n) is 1.55. The Morgan fingerprint density at radius 1 is 1.31 bits per heavy atom. The molecule has 0 unspecified atom stereocenters. The summed E-state index contributed by atoms with van der Waals surface area (Å²) < 4.78 is 1.54. The highest BCUT2D eigenvalue weighted by Gasteiger charge is 1.98. The van der Waals surface area contributed by atoms with E-state index in [-0.39, 0.29) is 0 Å². The van der Waals surface area contributed by atoms with Crippen molar-refractivity contribution in [2.45, 2.75) is 6.54 Å². The van der Waals surface area contributed by atoms with Gasteiger partial charge in [-0.15, -0.1) is 0 Å². The topological polar surface area (TPSA) is 82.5 Å². The SMILES string of the molecule is NCc1cnc(-n2cncn2)cn1. The normalized spacial score (nSPS) is 10.2. The molecule has 0 aliphatic carbocycles. The van der Waals surface area contributed by atoms with Crippen molar-refractivity contribution in [3.63, 3.8) is 0 Å². The summed E-state index contributed by atoms with van der Waals surface area (Å²) in [5.74, 6) is 0.634. The first-order valence-electron chi connectivity index (χ1n) is 3.76. The summed E-state index contributed by atoms with van der Waals surface area (Å²) in [6.07, 6.45) is 6.23. The molecular formula is C7H8N6. The highest BCUT2D eigenvalue weighted by atomic mass is 15.3. The summed E-state index contributed by atoms with van der Waals surface area (Å²) in [5, 5.41) is 3.91. The van der Waals surface area contributed by atoms with E-state index in [0.29, 0.717) is 12.4 Å². The lowest BCUT2D eigenvalue weighted by atomic mass is 10.4. The van der Waals surface area contributed by atoms with Crippen LogP contribution in [-0.4, -0.2) is 24.7 Å². The second-order valence-corrected chi connectivity index (χ2v) is 2.41. The molecule has 13 heavy (non-hydrogen) atoms. The van der Waals surface area contributed by atoms with Crippen LogP contribution in [0.25, 0.3) is 5.82 Å². The number of nitrogens with zero attached hydrogens (tertiary/aromatic N) is 5. The smallest absolute Gasteiger partial charge is 0.173 e. The Morgan fingerprint density at radius 3 is 2.77 bits per heavy atom. The van der Waals surface area contributed by atoms with Crippen LogP contribution < -0.4 is 5.73 Å². The van der Waals surface area contributed by atoms with Crippen molar-refractivity contribution in [1.82, 2.24) is 24.7 Å². The van der Waals surface area contributed by atoms with Gasteiger partial charge in [-0.3, -0.25) is 4.98 Å². The van der Waals surface area contributed by atoms with Gasteiger partial charge in [0.2, 0.25) is 0 Å². The second kappa shape index (κ2) is 3.28. The summed E-state index contributed by atoms with van der Waals surface area (Å²) in [6.45, 7) is 0.393. The molecule has 0 atom stereocenters. The Labute approximate surface area is 74.5 Å². The van der Waals surface area contributed by atoms with Gasteiger partial charge in [-0.25, -0.2) is 14.6 Å². The molecule has 2 heterocycles. The molecule has 2 rings (SSSR count). The number of hydrogen-bond donors (Lipinski definition) is 1. The monoisotopic (exact) mass is 176 g/mol. The molecule has 66 valence electrons. The molecule has 0 aromatic carbocycles. The van der Waals surface area contributed by atoms with Crippen LogP contribution in [0.5, 0.6) is 0 Å². The number of hydrogen-bond acceptors (Lipinski definition) is 5. The van der Waals surface area contributed by atoms with Gasteiger partial charge in [0, 0.05) is 6.54 Å². The lowest BCUT2D eigenvalue weighted by Gasteiger charge is -1.98. The summed E-state index contributed by atoms with van der Waals surface area (Å²) in [5.41, 5.74) is 6.13. The molecule has 0 aliphatic rings. The second-order valence-electron chi connectivity index (χ2n) is 2.41. The number of aromatic nitrogens is 5. The van der Waals surface area contributed by atoms with Crippen molar-refractivity contribution < 1.29 is 0 Å². The Hall–Kier alpha value is -1.82. The predicted molar refractivity (Wildman–Crippen MR) is 44.8 cm³/mol. The molecule has 0 aliphatic heterocycles. The van der Waals surface area contributed by atoms with Gasteiger partial charge in [-0.2, -0.15) is 5.10 Å². The van der Waals surface area contributed by atoms with E-state index in [2.05, 4.69) is 20.1 Å². The predicted octanol–water partition coefficient (Wildman–Crippen LogP) is -0.484. The molecule has 0 spiro atoms. The lowest BCUT2D eigenvalue weighted by Crippen LogP contribution is -2.03. The van der Waals surface area contributed by atoms with Crippen molar-refractivity contribution in [2.75, 3.05) is 0 Å². The zero-order valence-electron chi connectivity index (χ0n) is 6.83. The van der Waals surface area contributed by atoms with E-state index in [1.165, 1.54) is 11.0 Å². The van der Waals surface area contributed by atoms with E-state index < -0.39 is 0 Å². The van der Waals surface area contributed by atoms with Gasteiger partial charge in [-0.05, 0) is 0 Å². The van der Waals surface area contributed by atoms with Crippen molar-refractivity contribution >= 4 is 0 Å². The molecule has 0 radical (unpaired) electrons. The van der Waals surface area contributed by atoms with Gasteiger partial charge >= 0.3 is 0 Å². The van der Waals surface area contributed by atoms with Crippen LogP contribution in [0, 0.1) is 0 Å². The first-order chi connectivity index (χ1) is 6.40. The van der Waals surface area contributed by atoms with Gasteiger partial charge < -0.3 is 5.73 Å². The van der Waals surface area contributed by atoms with Crippen molar-refractivity contribution in [1.29, 1.82) is 0 Å². The van der Waals surface area contributed by atoms with Crippen LogP contribution in [0.3, 0.4) is 0 Å². The Kier molecular flexibility index (Phi) is 1.97. The van der Waals surface area contributed by atoms with Crippen LogP contribution in [0.1, 0.15) is 5.69 Å². The van der Waals surface area contributed by atoms with E-state index in [0.717, 1.165) is 5.69 Å². The summed E-state index contributed by atoms with van der Waals surface area (Å²) >= 11 is 0. The van der Waals surface area contributed by atoms with E-state index in [4.69, 9.17) is 5.73 Å². The highest BCUT2D eigenvalue weighted by molar-refractivity contribution is 5.15. The van der Waals surface area contributed by atoms with Crippen LogP contribution >= 0.6 is 0 Å². The molecule has 6 nitrogen and oxygen atoms in total. The van der Waals surface area contributed by atoms with E-state index in [1.807, 2.05) is 0 Å². The zero-order chi connectivity index (χ0) is 9.10. The molecule has 0 amide bonds. The van der Waals surface area contributed by atoms with Gasteiger partial charge in [0.1, 0.15) is 12.7 Å². The minimum absolute atomic E-state index is 0.393. The standard InChI is InChI=1S/C7H8N6/c8-1-6-2-11-7(3-10-6)13-5-9-4-12-13/h2-5H,1,8H2. The van der Waals surface area contributed by atoms with Crippen molar-refractivity contribution in [2.24, 2.45) is 5.73 Å². The van der Waals surface area contributed by atoms with Crippen LogP contribution in [-0.2, 0) is 6.54 Å². The molecule has 6 heteroatoms. The number of nitrogens with two attached hydrogens (primary N) is 1. The molecule has 0 bridgehead atoms. The largest absolute Gasteiger partial charge is 0.325 e. The summed E-state index contributed by atoms with van der Waals surface area (Å²) in [4.78, 5) is 12.0. The number of rotatable bonds is 2. The lowest BCUT2D eigenvalue weighted by molar-refractivity contribution is 0.824. The molecule has 2 aromatic heterocycles. The molecule has 2 N–H and O–H groups in total. The molecular weight excluding hydrogens is 168 g/mol. The van der Waals surface area contributed by atoms with Gasteiger partial charge in [-0.1, -0.05) is 0 Å². The average molecular weight is 176 g/mol. The average Bonchev–Trinajstić information content (AvgIpc) is 2.71. The Morgan fingerprint density at radius 2 is 2.23 bits per heavy atom. The highest BCUT2D eigenvalue weighted by Crippen LogP contribution is 1.98. The van der Waals surface area contributed by atoms with Crippen LogP contribution in [0.4, 0.5) is 0 Å². The van der Waals surface area contributed by atoms with Crippen molar-refractivity contribution in [3.8, 4) is 5.82 Å². The molecule has 0 fully saturated rings. The minimum atomic E-state index is 0.393. The van der Waals surface area contributed by atoms with Gasteiger partial charge in [0.25, 0.3) is 0 Å². The van der Waals surface area contributed by atoms with Crippen molar-refractivity contribution in [3.05, 3.63) is 30.7 Å². The van der Waals surface area contributed by atoms with E-state index in [9.17, 15) is 0 Å².